The molecule has 1 heterocycles. The van der Waals surface area contributed by atoms with Gasteiger partial charge in [0.1, 0.15) is 0 Å². The molecule has 0 aromatic carbocycles. The molecule has 2 aliphatic rings. The lowest BCUT2D eigenvalue weighted by atomic mass is 9.76. The van der Waals surface area contributed by atoms with Gasteiger partial charge in [-0.15, -0.1) is 0 Å². The molecule has 0 amide bonds. The summed E-state index contributed by atoms with van der Waals surface area (Å²) in [5, 5.41) is 20.5. The van der Waals surface area contributed by atoms with E-state index in [-0.39, 0.29) is 22.6 Å². The van der Waals surface area contributed by atoms with Gasteiger partial charge in [-0.3, -0.25) is 10.1 Å². The molecule has 110 valence electrons. The van der Waals surface area contributed by atoms with Crippen LogP contribution in [0.4, 0.5) is 0 Å². The summed E-state index contributed by atoms with van der Waals surface area (Å²) in [6.07, 6.45) is 0.477. The van der Waals surface area contributed by atoms with Gasteiger partial charge in [0, 0.05) is 17.1 Å². The highest BCUT2D eigenvalue weighted by molar-refractivity contribution is 5.77. The van der Waals surface area contributed by atoms with E-state index in [1.54, 1.807) is 20.8 Å². The number of rotatable bonds is 2. The number of carboxylic acid groups (broad SMARTS) is 1. The lowest BCUT2D eigenvalue weighted by Gasteiger charge is -2.42. The van der Waals surface area contributed by atoms with Crippen molar-refractivity contribution in [1.82, 2.24) is 0 Å². The van der Waals surface area contributed by atoms with Gasteiger partial charge in [0.25, 0.3) is 5.70 Å². The number of ether oxygens (including phenoxy) is 1. The van der Waals surface area contributed by atoms with Gasteiger partial charge in [-0.2, -0.15) is 0 Å². The third kappa shape index (κ3) is 2.04. The quantitative estimate of drug-likeness (QED) is 0.620. The second-order valence-corrected chi connectivity index (χ2v) is 5.80. The minimum atomic E-state index is -1.21. The molecule has 1 saturated heterocycles. The van der Waals surface area contributed by atoms with Gasteiger partial charge in [0.15, 0.2) is 5.60 Å². The summed E-state index contributed by atoms with van der Waals surface area (Å²) in [6, 6.07) is 0. The fraction of sp³-hybridized carbons (Fsp3) is 0.643. The van der Waals surface area contributed by atoms with E-state index in [4.69, 9.17) is 4.74 Å². The second kappa shape index (κ2) is 4.70. The first-order valence-corrected chi connectivity index (χ1v) is 6.65. The van der Waals surface area contributed by atoms with Crippen molar-refractivity contribution in [1.29, 1.82) is 0 Å². The molecular formula is C14H19NO5. The van der Waals surface area contributed by atoms with Crippen LogP contribution in [0.2, 0.25) is 0 Å². The Bertz CT molecular complexity index is 548. The molecule has 0 radical (unpaired) electrons. The van der Waals surface area contributed by atoms with Crippen molar-refractivity contribution in [2.45, 2.75) is 52.2 Å². The molecule has 1 N–H and O–H groups in total. The topological polar surface area (TPSA) is 89.7 Å². The average molecular weight is 281 g/mol. The van der Waals surface area contributed by atoms with Gasteiger partial charge < -0.3 is 9.84 Å². The van der Waals surface area contributed by atoms with Crippen molar-refractivity contribution >= 4 is 5.97 Å². The Morgan fingerprint density at radius 2 is 2.10 bits per heavy atom. The lowest BCUT2D eigenvalue weighted by Crippen LogP contribution is -2.49. The summed E-state index contributed by atoms with van der Waals surface area (Å²) < 4.78 is 5.81. The van der Waals surface area contributed by atoms with Gasteiger partial charge in [0.05, 0.1) is 11.0 Å². The van der Waals surface area contributed by atoms with Crippen LogP contribution in [0.5, 0.6) is 0 Å². The highest BCUT2D eigenvalue weighted by Crippen LogP contribution is 2.44. The zero-order valence-corrected chi connectivity index (χ0v) is 12.1. The number of nitrogens with zero attached hydrogens (tertiary/aromatic N) is 1. The number of hydrogen-bond acceptors (Lipinski definition) is 4. The second-order valence-electron chi connectivity index (χ2n) is 5.80. The third-order valence-corrected chi connectivity index (χ3v) is 4.58. The Hall–Kier alpha value is -1.69. The largest absolute Gasteiger partial charge is 0.479 e. The molecule has 1 aliphatic carbocycles. The summed E-state index contributed by atoms with van der Waals surface area (Å²) in [7, 11) is 0. The monoisotopic (exact) mass is 281 g/mol. The number of fused-ring (bicyclic) bond motifs is 1. The van der Waals surface area contributed by atoms with Crippen molar-refractivity contribution in [3.63, 3.8) is 0 Å². The van der Waals surface area contributed by atoms with E-state index in [2.05, 4.69) is 0 Å². The number of carbonyl (C=O) groups is 1. The smallest absolute Gasteiger partial charge is 0.335 e. The van der Waals surface area contributed by atoms with Crippen LogP contribution in [0, 0.1) is 16.0 Å². The van der Waals surface area contributed by atoms with Crippen molar-refractivity contribution in [3.8, 4) is 0 Å². The molecule has 6 nitrogen and oxygen atoms in total. The summed E-state index contributed by atoms with van der Waals surface area (Å²) in [6.45, 7) is 6.86. The molecule has 2 rings (SSSR count). The van der Waals surface area contributed by atoms with Crippen LogP contribution in [-0.4, -0.2) is 27.7 Å². The molecule has 20 heavy (non-hydrogen) atoms. The Balaban J connectivity index is 2.46. The minimum absolute atomic E-state index is 0.159. The van der Waals surface area contributed by atoms with Gasteiger partial charge in [-0.25, -0.2) is 4.79 Å². The number of carboxylic acids is 1. The molecule has 1 aliphatic heterocycles. The van der Waals surface area contributed by atoms with Gasteiger partial charge in [0.2, 0.25) is 0 Å². The Morgan fingerprint density at radius 3 is 2.60 bits per heavy atom. The van der Waals surface area contributed by atoms with Crippen LogP contribution in [0.1, 0.15) is 40.5 Å². The number of allylic oxidation sites excluding steroid dienone is 1. The molecule has 3 unspecified atom stereocenters. The van der Waals surface area contributed by atoms with E-state index in [9.17, 15) is 20.0 Å². The van der Waals surface area contributed by atoms with Crippen LogP contribution >= 0.6 is 0 Å². The molecule has 6 heteroatoms. The van der Waals surface area contributed by atoms with E-state index in [1.165, 1.54) is 0 Å². The Morgan fingerprint density at radius 1 is 1.50 bits per heavy atom. The van der Waals surface area contributed by atoms with E-state index in [1.807, 2.05) is 6.92 Å². The number of nitro groups is 1. The van der Waals surface area contributed by atoms with Gasteiger partial charge in [-0.1, -0.05) is 6.92 Å². The van der Waals surface area contributed by atoms with Crippen molar-refractivity contribution in [2.75, 3.05) is 0 Å². The highest BCUT2D eigenvalue weighted by atomic mass is 16.6. The van der Waals surface area contributed by atoms with Crippen molar-refractivity contribution in [2.24, 2.45) is 5.92 Å². The Kier molecular flexibility index (Phi) is 3.46. The summed E-state index contributed by atoms with van der Waals surface area (Å²) in [4.78, 5) is 22.2. The average Bonchev–Trinajstić information content (AvgIpc) is 2.35. The summed E-state index contributed by atoms with van der Waals surface area (Å²) in [5.74, 6) is -1.17. The maximum atomic E-state index is 11.3. The SMILES string of the molecule is CC1=C2CCC(C)(C(=O)O)OC2C(C)C(C)=C1[N+](=O)[O-]. The van der Waals surface area contributed by atoms with Crippen molar-refractivity contribution in [3.05, 3.63) is 32.5 Å². The van der Waals surface area contributed by atoms with E-state index >= 15 is 0 Å². The summed E-state index contributed by atoms with van der Waals surface area (Å²) >= 11 is 0. The normalized spacial score (nSPS) is 34.0. The third-order valence-electron chi connectivity index (χ3n) is 4.58. The lowest BCUT2D eigenvalue weighted by molar-refractivity contribution is -0.423. The molecule has 1 fully saturated rings. The van der Waals surface area contributed by atoms with Crippen LogP contribution < -0.4 is 0 Å². The number of aliphatic carboxylic acids is 1. The number of hydrogen-bond donors (Lipinski definition) is 1. The summed E-state index contributed by atoms with van der Waals surface area (Å²) in [5.41, 5.74) is 1.09. The molecule has 3 atom stereocenters. The predicted octanol–water partition coefficient (Wildman–Crippen LogP) is 2.53. The minimum Gasteiger partial charge on any atom is -0.479 e. The predicted molar refractivity (Wildman–Crippen MR) is 71.7 cm³/mol. The molecule has 0 saturated carbocycles. The maximum absolute atomic E-state index is 11.3. The van der Waals surface area contributed by atoms with E-state index < -0.39 is 11.6 Å². The molecule has 0 spiro atoms. The van der Waals surface area contributed by atoms with Crippen LogP contribution in [-0.2, 0) is 9.53 Å². The fourth-order valence-electron chi connectivity index (χ4n) is 3.06. The van der Waals surface area contributed by atoms with E-state index in [0.717, 1.165) is 5.57 Å². The highest BCUT2D eigenvalue weighted by Gasteiger charge is 2.47. The standard InChI is InChI=1S/C14H19NO5/c1-7-8(2)12-10(9(3)11(7)15(18)19)5-6-14(4,20-12)13(16)17/h8,12H,5-6H2,1-4H3,(H,16,17). The van der Waals surface area contributed by atoms with Gasteiger partial charge >= 0.3 is 5.97 Å². The molecule has 0 aromatic rings. The first kappa shape index (κ1) is 14.7. The van der Waals surface area contributed by atoms with Crippen LogP contribution in [0.15, 0.2) is 22.4 Å². The molecular weight excluding hydrogens is 262 g/mol. The fourth-order valence-corrected chi connectivity index (χ4v) is 3.06. The van der Waals surface area contributed by atoms with Gasteiger partial charge in [-0.05, 0) is 39.2 Å². The zero-order chi connectivity index (χ0) is 15.2. The first-order chi connectivity index (χ1) is 9.19. The van der Waals surface area contributed by atoms with Crippen molar-refractivity contribution < 1.29 is 19.6 Å². The maximum Gasteiger partial charge on any atom is 0.335 e. The zero-order valence-electron chi connectivity index (χ0n) is 12.1. The Labute approximate surface area is 117 Å². The van der Waals surface area contributed by atoms with Crippen LogP contribution in [0.3, 0.4) is 0 Å². The van der Waals surface area contributed by atoms with E-state index in [0.29, 0.717) is 24.0 Å². The first-order valence-electron chi connectivity index (χ1n) is 6.65. The molecule has 0 bridgehead atoms. The van der Waals surface area contributed by atoms with Crippen LogP contribution in [0.25, 0.3) is 0 Å². The molecule has 0 aromatic heterocycles.